The maximum atomic E-state index is 14.0. The number of ether oxygens (including phenoxy) is 1. The molecule has 0 aromatic heterocycles. The van der Waals surface area contributed by atoms with Crippen molar-refractivity contribution in [1.29, 1.82) is 0 Å². The van der Waals surface area contributed by atoms with Gasteiger partial charge >= 0.3 is 0 Å². The molecule has 3 heteroatoms. The van der Waals surface area contributed by atoms with E-state index in [0.29, 0.717) is 18.2 Å². The monoisotopic (exact) mass is 279 g/mol. The molecular formula is C17H26FNO. The molecule has 1 fully saturated rings. The highest BCUT2D eigenvalue weighted by Crippen LogP contribution is 2.44. The Bertz CT molecular complexity index is 464. The molecule has 2 nitrogen and oxygen atoms in total. The van der Waals surface area contributed by atoms with Crippen LogP contribution in [0.25, 0.3) is 0 Å². The fourth-order valence-corrected chi connectivity index (χ4v) is 3.61. The molecule has 1 aromatic carbocycles. The van der Waals surface area contributed by atoms with Crippen LogP contribution in [0.5, 0.6) is 5.75 Å². The molecule has 1 saturated carbocycles. The van der Waals surface area contributed by atoms with Crippen LogP contribution in [0.2, 0.25) is 0 Å². The van der Waals surface area contributed by atoms with Crippen molar-refractivity contribution in [3.8, 4) is 5.75 Å². The number of nitrogens with two attached hydrogens (primary N) is 1. The first kappa shape index (κ1) is 15.3. The molecule has 0 saturated heterocycles. The first-order valence-corrected chi connectivity index (χ1v) is 7.62. The molecule has 1 aromatic rings. The summed E-state index contributed by atoms with van der Waals surface area (Å²) in [5.41, 5.74) is 8.24. The number of hydrogen-bond acceptors (Lipinski definition) is 2. The molecule has 0 heterocycles. The van der Waals surface area contributed by atoms with Crippen LogP contribution in [-0.2, 0) is 5.41 Å². The van der Waals surface area contributed by atoms with Gasteiger partial charge in [0.15, 0.2) is 0 Å². The summed E-state index contributed by atoms with van der Waals surface area (Å²) in [5.74, 6) is 0.735. The maximum Gasteiger partial charge on any atom is 0.127 e. The van der Waals surface area contributed by atoms with Crippen molar-refractivity contribution in [3.63, 3.8) is 0 Å². The molecular weight excluding hydrogens is 253 g/mol. The third-order valence-electron chi connectivity index (χ3n) is 4.68. The van der Waals surface area contributed by atoms with Gasteiger partial charge < -0.3 is 10.5 Å². The molecule has 2 N–H and O–H groups in total. The Morgan fingerprint density at radius 2 is 1.90 bits per heavy atom. The number of hydrogen-bond donors (Lipinski definition) is 1. The minimum Gasteiger partial charge on any atom is -0.496 e. The van der Waals surface area contributed by atoms with Gasteiger partial charge in [-0.3, -0.25) is 0 Å². The summed E-state index contributed by atoms with van der Waals surface area (Å²) in [6.45, 7) is 4.85. The highest BCUT2D eigenvalue weighted by molar-refractivity contribution is 5.47. The second-order valence-corrected chi connectivity index (χ2v) is 6.27. The summed E-state index contributed by atoms with van der Waals surface area (Å²) < 4.78 is 19.4. The average molecular weight is 279 g/mol. The maximum absolute atomic E-state index is 14.0. The van der Waals surface area contributed by atoms with Crippen LogP contribution < -0.4 is 10.5 Å². The van der Waals surface area contributed by atoms with Crippen LogP contribution >= 0.6 is 0 Å². The third-order valence-corrected chi connectivity index (χ3v) is 4.68. The zero-order valence-electron chi connectivity index (χ0n) is 12.8. The summed E-state index contributed by atoms with van der Waals surface area (Å²) in [6.07, 6.45) is 5.71. The quantitative estimate of drug-likeness (QED) is 0.900. The van der Waals surface area contributed by atoms with Gasteiger partial charge in [-0.25, -0.2) is 4.39 Å². The highest BCUT2D eigenvalue weighted by Gasteiger charge is 2.36. The zero-order valence-corrected chi connectivity index (χ0v) is 12.8. The molecule has 0 amide bonds. The van der Waals surface area contributed by atoms with E-state index in [9.17, 15) is 4.39 Å². The lowest BCUT2D eigenvalue weighted by atomic mass is 9.67. The van der Waals surface area contributed by atoms with E-state index in [2.05, 4.69) is 13.8 Å². The fourth-order valence-electron chi connectivity index (χ4n) is 3.61. The normalized spacial score (nSPS) is 18.3. The van der Waals surface area contributed by atoms with Crippen LogP contribution in [0.3, 0.4) is 0 Å². The number of rotatable bonds is 4. The van der Waals surface area contributed by atoms with Gasteiger partial charge in [-0.1, -0.05) is 33.1 Å². The van der Waals surface area contributed by atoms with E-state index in [4.69, 9.17) is 10.5 Å². The second-order valence-electron chi connectivity index (χ2n) is 6.27. The lowest BCUT2D eigenvalue weighted by molar-refractivity contribution is 0.294. The van der Waals surface area contributed by atoms with Gasteiger partial charge in [0, 0.05) is 23.6 Å². The Morgan fingerprint density at radius 3 is 2.40 bits per heavy atom. The van der Waals surface area contributed by atoms with Gasteiger partial charge in [-0.15, -0.1) is 0 Å². The highest BCUT2D eigenvalue weighted by atomic mass is 19.1. The van der Waals surface area contributed by atoms with Crippen LogP contribution in [0, 0.1) is 5.82 Å². The first-order valence-electron chi connectivity index (χ1n) is 7.62. The summed E-state index contributed by atoms with van der Waals surface area (Å²) in [6, 6.07) is 3.18. The number of halogens is 1. The lowest BCUT2D eigenvalue weighted by Gasteiger charge is -2.39. The smallest absolute Gasteiger partial charge is 0.127 e. The standard InChI is InChI=1S/C17H26FNO/c1-12(2)16-14(9-13(18)10-15(16)20-3)17(11-19)7-5-4-6-8-17/h9-10,12H,4-8,11,19H2,1-3H3. The van der Waals surface area contributed by atoms with Gasteiger partial charge in [0.1, 0.15) is 11.6 Å². The predicted octanol–water partition coefficient (Wildman–Crippen LogP) is 4.12. The van der Waals surface area contributed by atoms with Gasteiger partial charge in [0.25, 0.3) is 0 Å². The minimum atomic E-state index is -0.223. The van der Waals surface area contributed by atoms with E-state index < -0.39 is 0 Å². The topological polar surface area (TPSA) is 35.2 Å². The van der Waals surface area contributed by atoms with Crippen LogP contribution in [0.15, 0.2) is 12.1 Å². The summed E-state index contributed by atoms with van der Waals surface area (Å²) in [7, 11) is 1.61. The average Bonchev–Trinajstić information content (AvgIpc) is 2.46. The molecule has 20 heavy (non-hydrogen) atoms. The minimum absolute atomic E-state index is 0.0762. The van der Waals surface area contributed by atoms with E-state index in [0.717, 1.165) is 24.0 Å². The van der Waals surface area contributed by atoms with Crippen LogP contribution in [-0.4, -0.2) is 13.7 Å². The Morgan fingerprint density at radius 1 is 1.25 bits per heavy atom. The third kappa shape index (κ3) is 2.69. The molecule has 0 spiro atoms. The van der Waals surface area contributed by atoms with E-state index in [1.165, 1.54) is 25.3 Å². The Kier molecular flexibility index (Phi) is 4.69. The van der Waals surface area contributed by atoms with E-state index in [1.807, 2.05) is 0 Å². The predicted molar refractivity (Wildman–Crippen MR) is 80.9 cm³/mol. The number of benzene rings is 1. The first-order chi connectivity index (χ1) is 9.54. The van der Waals surface area contributed by atoms with Crippen molar-refractivity contribution in [2.24, 2.45) is 5.73 Å². The molecule has 0 bridgehead atoms. The number of methoxy groups -OCH3 is 1. The van der Waals surface area contributed by atoms with Crippen molar-refractivity contribution < 1.29 is 9.13 Å². The van der Waals surface area contributed by atoms with Gasteiger partial charge in [-0.2, -0.15) is 0 Å². The van der Waals surface area contributed by atoms with E-state index >= 15 is 0 Å². The van der Waals surface area contributed by atoms with Crippen LogP contribution in [0.1, 0.15) is 63.0 Å². The zero-order chi connectivity index (χ0) is 14.8. The van der Waals surface area contributed by atoms with E-state index in [-0.39, 0.29) is 11.2 Å². The van der Waals surface area contributed by atoms with Crippen LogP contribution in [0.4, 0.5) is 4.39 Å². The molecule has 1 aliphatic rings. The van der Waals surface area contributed by atoms with Gasteiger partial charge in [0.2, 0.25) is 0 Å². The summed E-state index contributed by atoms with van der Waals surface area (Å²) >= 11 is 0. The molecule has 112 valence electrons. The lowest BCUT2D eigenvalue weighted by Crippen LogP contribution is -2.38. The van der Waals surface area contributed by atoms with Crippen molar-refractivity contribution in [2.45, 2.75) is 57.3 Å². The van der Waals surface area contributed by atoms with Gasteiger partial charge in [0.05, 0.1) is 7.11 Å². The summed E-state index contributed by atoms with van der Waals surface area (Å²) in [5, 5.41) is 0. The van der Waals surface area contributed by atoms with Crippen molar-refractivity contribution >= 4 is 0 Å². The Hall–Kier alpha value is -1.09. The summed E-state index contributed by atoms with van der Waals surface area (Å²) in [4.78, 5) is 0. The largest absolute Gasteiger partial charge is 0.496 e. The SMILES string of the molecule is COc1cc(F)cc(C2(CN)CCCCC2)c1C(C)C. The van der Waals surface area contributed by atoms with Crippen molar-refractivity contribution in [2.75, 3.05) is 13.7 Å². The molecule has 0 aliphatic heterocycles. The fraction of sp³-hybridized carbons (Fsp3) is 0.647. The molecule has 1 aliphatic carbocycles. The Labute approximate surface area is 121 Å². The van der Waals surface area contributed by atoms with E-state index in [1.54, 1.807) is 13.2 Å². The van der Waals surface area contributed by atoms with Gasteiger partial charge in [-0.05, 0) is 30.4 Å². The van der Waals surface area contributed by atoms with Crippen molar-refractivity contribution in [3.05, 3.63) is 29.1 Å². The molecule has 0 unspecified atom stereocenters. The Balaban J connectivity index is 2.61. The molecule has 0 radical (unpaired) electrons. The molecule has 0 atom stereocenters. The second kappa shape index (κ2) is 6.13. The van der Waals surface area contributed by atoms with Crippen molar-refractivity contribution in [1.82, 2.24) is 0 Å². The molecule has 2 rings (SSSR count).